The molecule has 0 saturated heterocycles. The van der Waals surface area contributed by atoms with E-state index in [1.54, 1.807) is 0 Å². The van der Waals surface area contributed by atoms with E-state index in [9.17, 15) is 4.79 Å². The van der Waals surface area contributed by atoms with Gasteiger partial charge in [-0.15, -0.1) is 0 Å². The summed E-state index contributed by atoms with van der Waals surface area (Å²) in [5.41, 5.74) is 1.50. The summed E-state index contributed by atoms with van der Waals surface area (Å²) < 4.78 is 5.22. The minimum absolute atomic E-state index is 0.420. The van der Waals surface area contributed by atoms with Crippen molar-refractivity contribution in [2.45, 2.75) is 58.7 Å². The number of carbonyl (C=O) groups is 1. The van der Waals surface area contributed by atoms with E-state index in [0.717, 1.165) is 18.2 Å². The fourth-order valence-corrected chi connectivity index (χ4v) is 2.46. The van der Waals surface area contributed by atoms with Crippen LogP contribution < -0.4 is 10.6 Å². The normalized spacial score (nSPS) is 21.5. The second-order valence-corrected chi connectivity index (χ2v) is 6.98. The molecule has 0 spiro atoms. The molecule has 0 bridgehead atoms. The number of amides is 1. The molecule has 21 heavy (non-hydrogen) atoms. The Kier molecular flexibility index (Phi) is 4.88. The van der Waals surface area contributed by atoms with Crippen LogP contribution in [0.2, 0.25) is 0 Å². The third-order valence-electron chi connectivity index (χ3n) is 3.57. The number of carbonyl (C=O) groups excluding carboxylic acids is 1. The van der Waals surface area contributed by atoms with E-state index in [1.807, 2.05) is 45.0 Å². The number of ether oxygens (including phenoxy) is 1. The highest BCUT2D eigenvalue weighted by Gasteiger charge is 2.24. The number of hydrogen-bond donors (Lipinski definition) is 2. The Morgan fingerprint density at radius 3 is 2.38 bits per heavy atom. The molecule has 2 rings (SSSR count). The van der Waals surface area contributed by atoms with Gasteiger partial charge in [-0.25, -0.2) is 4.79 Å². The lowest BCUT2D eigenvalue weighted by Crippen LogP contribution is -2.39. The lowest BCUT2D eigenvalue weighted by atomic mass is 9.82. The molecule has 1 aliphatic carbocycles. The van der Waals surface area contributed by atoms with E-state index in [2.05, 4.69) is 17.6 Å². The molecular formula is C17H26N2O2. The molecule has 1 aromatic carbocycles. The number of benzene rings is 1. The summed E-state index contributed by atoms with van der Waals surface area (Å²) >= 11 is 0. The minimum Gasteiger partial charge on any atom is -0.444 e. The topological polar surface area (TPSA) is 50.4 Å². The first-order valence-corrected chi connectivity index (χ1v) is 7.64. The number of hydrogen-bond acceptors (Lipinski definition) is 3. The van der Waals surface area contributed by atoms with Gasteiger partial charge in [0.1, 0.15) is 5.60 Å². The van der Waals surface area contributed by atoms with Gasteiger partial charge in [-0.3, -0.25) is 5.32 Å². The SMILES string of the molecule is CC1CC(NCc2ccc(NC(=O)OC(C)(C)C)cc2)C1. The number of anilines is 1. The molecule has 0 unspecified atom stereocenters. The van der Waals surface area contributed by atoms with Crippen LogP contribution >= 0.6 is 0 Å². The Hall–Kier alpha value is -1.55. The zero-order valence-corrected chi connectivity index (χ0v) is 13.4. The van der Waals surface area contributed by atoms with Gasteiger partial charge in [0.2, 0.25) is 0 Å². The van der Waals surface area contributed by atoms with Gasteiger partial charge in [0.15, 0.2) is 0 Å². The van der Waals surface area contributed by atoms with Gasteiger partial charge in [0.05, 0.1) is 0 Å². The summed E-state index contributed by atoms with van der Waals surface area (Å²) in [7, 11) is 0. The van der Waals surface area contributed by atoms with Crippen molar-refractivity contribution in [3.63, 3.8) is 0 Å². The second kappa shape index (κ2) is 6.48. The van der Waals surface area contributed by atoms with E-state index in [0.29, 0.717) is 6.04 Å². The standard InChI is InChI=1S/C17H26N2O2/c1-12-9-15(10-12)18-11-13-5-7-14(8-6-13)19-16(20)21-17(2,3)4/h5-8,12,15,18H,9-11H2,1-4H3,(H,19,20). The first-order chi connectivity index (χ1) is 9.82. The van der Waals surface area contributed by atoms with Crippen molar-refractivity contribution in [1.29, 1.82) is 0 Å². The summed E-state index contributed by atoms with van der Waals surface area (Å²) in [6.45, 7) is 8.72. The van der Waals surface area contributed by atoms with Crippen LogP contribution in [0.4, 0.5) is 10.5 Å². The summed E-state index contributed by atoms with van der Waals surface area (Å²) in [5.74, 6) is 0.864. The van der Waals surface area contributed by atoms with E-state index in [1.165, 1.54) is 18.4 Å². The first-order valence-electron chi connectivity index (χ1n) is 7.64. The predicted molar refractivity (Wildman–Crippen MR) is 85.3 cm³/mol. The highest BCUT2D eigenvalue weighted by atomic mass is 16.6. The molecule has 1 fully saturated rings. The molecule has 1 aliphatic rings. The lowest BCUT2D eigenvalue weighted by Gasteiger charge is -2.33. The Labute approximate surface area is 127 Å². The minimum atomic E-state index is -0.478. The zero-order chi connectivity index (χ0) is 15.5. The highest BCUT2D eigenvalue weighted by Crippen LogP contribution is 2.26. The predicted octanol–water partition coefficient (Wildman–Crippen LogP) is 3.92. The van der Waals surface area contributed by atoms with Gasteiger partial charge in [-0.1, -0.05) is 19.1 Å². The van der Waals surface area contributed by atoms with Gasteiger partial charge in [-0.2, -0.15) is 0 Å². The molecule has 4 nitrogen and oxygen atoms in total. The smallest absolute Gasteiger partial charge is 0.412 e. The summed E-state index contributed by atoms with van der Waals surface area (Å²) in [6, 6.07) is 8.54. The Morgan fingerprint density at radius 1 is 1.24 bits per heavy atom. The van der Waals surface area contributed by atoms with Crippen LogP contribution in [-0.2, 0) is 11.3 Å². The molecule has 1 saturated carbocycles. The highest BCUT2D eigenvalue weighted by molar-refractivity contribution is 5.84. The number of rotatable bonds is 4. The van der Waals surface area contributed by atoms with Crippen LogP contribution in [0, 0.1) is 5.92 Å². The van der Waals surface area contributed by atoms with Crippen molar-refractivity contribution in [3.8, 4) is 0 Å². The molecule has 116 valence electrons. The van der Waals surface area contributed by atoms with Gasteiger partial charge < -0.3 is 10.1 Å². The molecular weight excluding hydrogens is 264 g/mol. The molecule has 2 N–H and O–H groups in total. The maximum atomic E-state index is 11.7. The van der Waals surface area contributed by atoms with Crippen LogP contribution in [0.1, 0.15) is 46.1 Å². The molecule has 1 amide bonds. The van der Waals surface area contributed by atoms with E-state index in [-0.39, 0.29) is 0 Å². The second-order valence-electron chi connectivity index (χ2n) is 6.98. The number of nitrogens with one attached hydrogen (secondary N) is 2. The Morgan fingerprint density at radius 2 is 1.86 bits per heavy atom. The van der Waals surface area contributed by atoms with Crippen molar-refractivity contribution in [1.82, 2.24) is 5.32 Å². The Bertz CT molecular complexity index is 471. The van der Waals surface area contributed by atoms with E-state index in [4.69, 9.17) is 4.74 Å². The van der Waals surface area contributed by atoms with Crippen LogP contribution in [0.5, 0.6) is 0 Å². The van der Waals surface area contributed by atoms with Crippen LogP contribution in [0.3, 0.4) is 0 Å². The van der Waals surface area contributed by atoms with Crippen molar-refractivity contribution >= 4 is 11.8 Å². The quantitative estimate of drug-likeness (QED) is 0.883. The maximum absolute atomic E-state index is 11.7. The molecule has 0 atom stereocenters. The van der Waals surface area contributed by atoms with Crippen molar-refractivity contribution in [2.24, 2.45) is 5.92 Å². The van der Waals surface area contributed by atoms with E-state index >= 15 is 0 Å². The van der Waals surface area contributed by atoms with Gasteiger partial charge in [0.25, 0.3) is 0 Å². The average Bonchev–Trinajstić information content (AvgIpc) is 2.32. The molecule has 0 aliphatic heterocycles. The summed E-state index contributed by atoms with van der Waals surface area (Å²) in [4.78, 5) is 11.7. The molecule has 0 aromatic heterocycles. The average molecular weight is 290 g/mol. The van der Waals surface area contributed by atoms with Gasteiger partial charge >= 0.3 is 6.09 Å². The van der Waals surface area contributed by atoms with Crippen LogP contribution in [0.15, 0.2) is 24.3 Å². The molecule has 0 radical (unpaired) electrons. The third kappa shape index (κ3) is 5.38. The fourth-order valence-electron chi connectivity index (χ4n) is 2.46. The largest absolute Gasteiger partial charge is 0.444 e. The zero-order valence-electron chi connectivity index (χ0n) is 13.4. The fraction of sp³-hybridized carbons (Fsp3) is 0.588. The monoisotopic (exact) mass is 290 g/mol. The summed E-state index contributed by atoms with van der Waals surface area (Å²) in [5, 5.41) is 6.28. The van der Waals surface area contributed by atoms with Crippen molar-refractivity contribution in [3.05, 3.63) is 29.8 Å². The van der Waals surface area contributed by atoms with Crippen molar-refractivity contribution < 1.29 is 9.53 Å². The van der Waals surface area contributed by atoms with Gasteiger partial charge in [-0.05, 0) is 57.2 Å². The third-order valence-corrected chi connectivity index (χ3v) is 3.57. The molecule has 1 aromatic rings. The molecule has 4 heteroatoms. The first kappa shape index (κ1) is 15.8. The molecule has 0 heterocycles. The maximum Gasteiger partial charge on any atom is 0.412 e. The van der Waals surface area contributed by atoms with Crippen molar-refractivity contribution in [2.75, 3.05) is 5.32 Å². The lowest BCUT2D eigenvalue weighted by molar-refractivity contribution is 0.0636. The van der Waals surface area contributed by atoms with Crippen LogP contribution in [-0.4, -0.2) is 17.7 Å². The van der Waals surface area contributed by atoms with Gasteiger partial charge in [0, 0.05) is 18.3 Å². The van der Waals surface area contributed by atoms with E-state index < -0.39 is 11.7 Å². The summed E-state index contributed by atoms with van der Waals surface area (Å²) in [6.07, 6.45) is 2.13. The Balaban J connectivity index is 1.77. The van der Waals surface area contributed by atoms with Crippen LogP contribution in [0.25, 0.3) is 0 Å².